The maximum absolute atomic E-state index is 12.8. The zero-order chi connectivity index (χ0) is 47.2. The van der Waals surface area contributed by atoms with Gasteiger partial charge in [0, 0.05) is 19.3 Å². The molecule has 65 heavy (non-hydrogen) atoms. The number of ether oxygens (including phenoxy) is 3. The molecule has 6 nitrogen and oxygen atoms in total. The standard InChI is InChI=1S/C59H108O6/c1-4-7-10-13-16-19-22-24-26-28-29-31-33-35-38-41-44-47-50-53-59(62)65-56(54-63-57(60)51-48-45-42-39-36-21-18-15-12-9-6-3)55-64-58(61)52-49-46-43-40-37-34-32-30-27-25-23-20-17-14-11-8-5-2/h15-16,18-19,24,26,56H,4-14,17,20-23,25,27-55H2,1-3H3/b18-15-,19-16-,26-24-/t56-/m1/s1. The number of allylic oxidation sites excluding steroid dienone is 6. The minimum atomic E-state index is -0.774. The lowest BCUT2D eigenvalue weighted by Gasteiger charge is -2.18. The van der Waals surface area contributed by atoms with E-state index in [1.165, 1.54) is 193 Å². The minimum absolute atomic E-state index is 0.0729. The Hall–Kier alpha value is -2.37. The molecule has 0 aromatic rings. The molecule has 0 aliphatic carbocycles. The zero-order valence-corrected chi connectivity index (χ0v) is 43.5. The first-order valence-corrected chi connectivity index (χ1v) is 28.5. The van der Waals surface area contributed by atoms with Gasteiger partial charge in [-0.15, -0.1) is 0 Å². The van der Waals surface area contributed by atoms with Crippen molar-refractivity contribution in [2.24, 2.45) is 0 Å². The summed E-state index contributed by atoms with van der Waals surface area (Å²) in [4.78, 5) is 38.1. The molecule has 0 saturated heterocycles. The quantitative estimate of drug-likeness (QED) is 0.0262. The maximum Gasteiger partial charge on any atom is 0.306 e. The third-order valence-corrected chi connectivity index (χ3v) is 12.6. The van der Waals surface area contributed by atoms with Crippen molar-refractivity contribution in [1.29, 1.82) is 0 Å². The molecule has 0 radical (unpaired) electrons. The number of rotatable bonds is 52. The van der Waals surface area contributed by atoms with Crippen molar-refractivity contribution >= 4 is 17.9 Å². The van der Waals surface area contributed by atoms with Gasteiger partial charge in [0.25, 0.3) is 0 Å². The third-order valence-electron chi connectivity index (χ3n) is 12.6. The highest BCUT2D eigenvalue weighted by atomic mass is 16.6. The Morgan fingerprint density at radius 3 is 0.938 bits per heavy atom. The lowest BCUT2D eigenvalue weighted by Crippen LogP contribution is -2.30. The molecule has 380 valence electrons. The minimum Gasteiger partial charge on any atom is -0.462 e. The Kier molecular flexibility index (Phi) is 52.3. The maximum atomic E-state index is 12.8. The Bertz CT molecular complexity index is 1090. The lowest BCUT2D eigenvalue weighted by molar-refractivity contribution is -0.167. The summed E-state index contributed by atoms with van der Waals surface area (Å²) in [6, 6.07) is 0. The van der Waals surface area contributed by atoms with Gasteiger partial charge in [0.15, 0.2) is 6.10 Å². The topological polar surface area (TPSA) is 78.9 Å². The van der Waals surface area contributed by atoms with E-state index in [0.717, 1.165) is 70.6 Å². The molecule has 0 fully saturated rings. The largest absolute Gasteiger partial charge is 0.462 e. The van der Waals surface area contributed by atoms with Gasteiger partial charge in [0.05, 0.1) is 0 Å². The van der Waals surface area contributed by atoms with E-state index in [1.807, 2.05) is 0 Å². The highest BCUT2D eigenvalue weighted by molar-refractivity contribution is 5.71. The van der Waals surface area contributed by atoms with Gasteiger partial charge in [0.1, 0.15) is 13.2 Å². The van der Waals surface area contributed by atoms with Gasteiger partial charge >= 0.3 is 17.9 Å². The van der Waals surface area contributed by atoms with E-state index in [-0.39, 0.29) is 31.1 Å². The summed E-state index contributed by atoms with van der Waals surface area (Å²) in [6.07, 6.45) is 64.2. The zero-order valence-electron chi connectivity index (χ0n) is 43.5. The van der Waals surface area contributed by atoms with Crippen molar-refractivity contribution in [3.63, 3.8) is 0 Å². The van der Waals surface area contributed by atoms with Crippen LogP contribution < -0.4 is 0 Å². The summed E-state index contributed by atoms with van der Waals surface area (Å²) in [5.41, 5.74) is 0. The Labute approximate surface area is 404 Å². The van der Waals surface area contributed by atoms with Gasteiger partial charge in [-0.3, -0.25) is 14.4 Å². The molecule has 0 rings (SSSR count). The van der Waals surface area contributed by atoms with Crippen LogP contribution in [0.4, 0.5) is 0 Å². The van der Waals surface area contributed by atoms with Crippen LogP contribution >= 0.6 is 0 Å². The summed E-state index contributed by atoms with van der Waals surface area (Å²) in [7, 11) is 0. The number of hydrogen-bond acceptors (Lipinski definition) is 6. The van der Waals surface area contributed by atoms with E-state index in [9.17, 15) is 14.4 Å². The molecule has 1 atom stereocenters. The molecule has 0 unspecified atom stereocenters. The second-order valence-electron chi connectivity index (χ2n) is 19.2. The first kappa shape index (κ1) is 62.6. The fourth-order valence-electron chi connectivity index (χ4n) is 8.28. The number of carbonyl (C=O) groups excluding carboxylic acids is 3. The van der Waals surface area contributed by atoms with Crippen molar-refractivity contribution in [3.8, 4) is 0 Å². The second kappa shape index (κ2) is 54.2. The van der Waals surface area contributed by atoms with Crippen LogP contribution in [0.25, 0.3) is 0 Å². The summed E-state index contributed by atoms with van der Waals surface area (Å²) in [5.74, 6) is -0.872. The molecule has 0 aliphatic heterocycles. The molecular formula is C59H108O6. The van der Waals surface area contributed by atoms with Crippen molar-refractivity contribution in [3.05, 3.63) is 36.5 Å². The summed E-state index contributed by atoms with van der Waals surface area (Å²) >= 11 is 0. The van der Waals surface area contributed by atoms with Crippen LogP contribution in [0.3, 0.4) is 0 Å². The number of carbonyl (C=O) groups is 3. The van der Waals surface area contributed by atoms with Crippen molar-refractivity contribution in [2.75, 3.05) is 13.2 Å². The average Bonchev–Trinajstić information content (AvgIpc) is 3.30. The smallest absolute Gasteiger partial charge is 0.306 e. The summed E-state index contributed by atoms with van der Waals surface area (Å²) in [6.45, 7) is 6.60. The predicted molar refractivity (Wildman–Crippen MR) is 279 cm³/mol. The van der Waals surface area contributed by atoms with Gasteiger partial charge in [-0.05, 0) is 70.6 Å². The molecule has 0 heterocycles. The Morgan fingerprint density at radius 2 is 0.569 bits per heavy atom. The monoisotopic (exact) mass is 913 g/mol. The predicted octanol–water partition coefficient (Wildman–Crippen LogP) is 18.9. The van der Waals surface area contributed by atoms with Gasteiger partial charge in [-0.25, -0.2) is 0 Å². The third kappa shape index (κ3) is 52.5. The van der Waals surface area contributed by atoms with Crippen molar-refractivity contribution in [2.45, 2.75) is 309 Å². The molecule has 0 amide bonds. The first-order valence-electron chi connectivity index (χ1n) is 28.5. The second-order valence-corrected chi connectivity index (χ2v) is 19.2. The molecule has 0 N–H and O–H groups in total. The van der Waals surface area contributed by atoms with Crippen LogP contribution in [0.5, 0.6) is 0 Å². The van der Waals surface area contributed by atoms with E-state index in [4.69, 9.17) is 14.2 Å². The summed E-state index contributed by atoms with van der Waals surface area (Å²) in [5, 5.41) is 0. The van der Waals surface area contributed by atoms with Gasteiger partial charge in [-0.1, -0.05) is 250 Å². The lowest BCUT2D eigenvalue weighted by atomic mass is 10.0. The van der Waals surface area contributed by atoms with E-state index in [1.54, 1.807) is 0 Å². The Morgan fingerprint density at radius 1 is 0.308 bits per heavy atom. The van der Waals surface area contributed by atoms with Crippen LogP contribution in [0.2, 0.25) is 0 Å². The normalized spacial score (nSPS) is 12.2. The van der Waals surface area contributed by atoms with Gasteiger partial charge in [-0.2, -0.15) is 0 Å². The molecule has 0 aromatic carbocycles. The van der Waals surface area contributed by atoms with Crippen LogP contribution in [0, 0.1) is 0 Å². The molecule has 0 spiro atoms. The van der Waals surface area contributed by atoms with Crippen molar-refractivity contribution in [1.82, 2.24) is 0 Å². The van der Waals surface area contributed by atoms with Gasteiger partial charge in [0.2, 0.25) is 0 Å². The molecule has 0 bridgehead atoms. The molecule has 6 heteroatoms. The first-order chi connectivity index (χ1) is 32.0. The van der Waals surface area contributed by atoms with Crippen LogP contribution in [0.15, 0.2) is 36.5 Å². The molecular weight excluding hydrogens is 805 g/mol. The molecule has 0 aromatic heterocycles. The fraction of sp³-hybridized carbons (Fsp3) is 0.847. The van der Waals surface area contributed by atoms with E-state index < -0.39 is 6.10 Å². The summed E-state index contributed by atoms with van der Waals surface area (Å²) < 4.78 is 16.8. The number of hydrogen-bond donors (Lipinski definition) is 0. The van der Waals surface area contributed by atoms with Crippen molar-refractivity contribution < 1.29 is 28.6 Å². The van der Waals surface area contributed by atoms with Crippen LogP contribution in [0.1, 0.15) is 303 Å². The molecule has 0 aliphatic rings. The highest BCUT2D eigenvalue weighted by Crippen LogP contribution is 2.16. The Balaban J connectivity index is 4.31. The fourth-order valence-corrected chi connectivity index (χ4v) is 8.28. The molecule has 0 saturated carbocycles. The number of unbranched alkanes of at least 4 members (excludes halogenated alkanes) is 35. The van der Waals surface area contributed by atoms with Gasteiger partial charge < -0.3 is 14.2 Å². The number of esters is 3. The van der Waals surface area contributed by atoms with E-state index >= 15 is 0 Å². The van der Waals surface area contributed by atoms with Crippen LogP contribution in [-0.2, 0) is 28.6 Å². The van der Waals surface area contributed by atoms with Crippen LogP contribution in [-0.4, -0.2) is 37.2 Å². The average molecular weight is 914 g/mol. The highest BCUT2D eigenvalue weighted by Gasteiger charge is 2.19. The SMILES string of the molecule is CCCC/C=C\CCCCCCCC(=O)OC[C@H](COC(=O)CCCCCCCCCCCCCCCCCCC)OC(=O)CCCCCCCCCCC/C=C\C/C=C\CCCCC. The van der Waals surface area contributed by atoms with E-state index in [2.05, 4.69) is 57.2 Å². The van der Waals surface area contributed by atoms with E-state index in [0.29, 0.717) is 19.3 Å².